The molecule has 102 valence electrons. The van der Waals surface area contributed by atoms with Gasteiger partial charge in [-0.1, -0.05) is 0 Å². The normalized spacial score (nSPS) is 12.5. The van der Waals surface area contributed by atoms with Gasteiger partial charge in [0.25, 0.3) is 5.91 Å². The monoisotopic (exact) mass is 332 g/mol. The predicted octanol–water partition coefficient (Wildman–Crippen LogP) is 3.48. The van der Waals surface area contributed by atoms with Crippen LogP contribution in [-0.4, -0.2) is 40.5 Å². The smallest absolute Gasteiger partial charge is 0.270 e. The van der Waals surface area contributed by atoms with E-state index >= 15 is 0 Å². The van der Waals surface area contributed by atoms with Crippen molar-refractivity contribution in [3.63, 3.8) is 0 Å². The van der Waals surface area contributed by atoms with E-state index in [1.165, 1.54) is 0 Å². The van der Waals surface area contributed by atoms with Gasteiger partial charge in [0, 0.05) is 30.3 Å². The molecule has 3 nitrogen and oxygen atoms in total. The van der Waals surface area contributed by atoms with Crippen molar-refractivity contribution in [2.24, 2.45) is 0 Å². The Bertz CT molecular complexity index is 406. The minimum absolute atomic E-state index is 0.0937. The maximum Gasteiger partial charge on any atom is 0.270 e. The molecule has 0 fully saturated rings. The molecule has 0 aliphatic rings. The third-order valence-corrected chi connectivity index (χ3v) is 4.22. The molecule has 18 heavy (non-hydrogen) atoms. The van der Waals surface area contributed by atoms with E-state index in [1.54, 1.807) is 0 Å². The summed E-state index contributed by atoms with van der Waals surface area (Å²) in [5.41, 5.74) is 0.753. The van der Waals surface area contributed by atoms with E-state index in [0.717, 1.165) is 28.9 Å². The molecule has 0 N–H and O–H groups in total. The highest BCUT2D eigenvalue weighted by atomic mass is 79.9. The van der Waals surface area contributed by atoms with Gasteiger partial charge in [0.15, 0.2) is 0 Å². The summed E-state index contributed by atoms with van der Waals surface area (Å²) < 4.78 is 2.93. The zero-order valence-corrected chi connectivity index (χ0v) is 13.8. The number of nitrogens with zero attached hydrogens (tertiary/aromatic N) is 2. The Morgan fingerprint density at radius 2 is 2.28 bits per heavy atom. The molecule has 0 radical (unpaired) electrons. The van der Waals surface area contributed by atoms with E-state index in [4.69, 9.17) is 0 Å². The molecule has 1 unspecified atom stereocenters. The number of hydrogen-bond acceptors (Lipinski definition) is 2. The molecule has 1 amide bonds. The molecular formula is C13H21BrN2OS. The Kier molecular flexibility index (Phi) is 6.29. The number of carbonyl (C=O) groups excluding carboxylic acids is 1. The van der Waals surface area contributed by atoms with Crippen LogP contribution in [0, 0.1) is 0 Å². The van der Waals surface area contributed by atoms with E-state index < -0.39 is 0 Å². The van der Waals surface area contributed by atoms with Crippen LogP contribution >= 0.6 is 27.7 Å². The summed E-state index contributed by atoms with van der Waals surface area (Å²) >= 11 is 5.24. The van der Waals surface area contributed by atoms with Crippen molar-refractivity contribution in [3.05, 3.63) is 22.4 Å². The summed E-state index contributed by atoms with van der Waals surface area (Å²) in [5, 5.41) is 0. The minimum Gasteiger partial charge on any atom is -0.343 e. The topological polar surface area (TPSA) is 25.2 Å². The number of amides is 1. The highest BCUT2D eigenvalue weighted by Crippen LogP contribution is 2.18. The SMILES string of the molecule is CCn1cc(Br)cc1C(=O)N(C)C(C)CCSC. The zero-order chi connectivity index (χ0) is 13.7. The van der Waals surface area contributed by atoms with Gasteiger partial charge in [-0.3, -0.25) is 4.79 Å². The number of halogens is 1. The fraction of sp³-hybridized carbons (Fsp3) is 0.615. The van der Waals surface area contributed by atoms with E-state index in [2.05, 4.69) is 29.1 Å². The van der Waals surface area contributed by atoms with Gasteiger partial charge < -0.3 is 9.47 Å². The quantitative estimate of drug-likeness (QED) is 0.796. The summed E-state index contributed by atoms with van der Waals surface area (Å²) in [4.78, 5) is 14.3. The Morgan fingerprint density at radius 1 is 1.61 bits per heavy atom. The summed E-state index contributed by atoms with van der Waals surface area (Å²) in [7, 11) is 1.88. The molecule has 1 heterocycles. The van der Waals surface area contributed by atoms with Crippen molar-refractivity contribution in [3.8, 4) is 0 Å². The number of hydrogen-bond donors (Lipinski definition) is 0. The lowest BCUT2D eigenvalue weighted by Crippen LogP contribution is -2.36. The highest BCUT2D eigenvalue weighted by molar-refractivity contribution is 9.10. The number of thioether (sulfide) groups is 1. The number of rotatable bonds is 6. The van der Waals surface area contributed by atoms with Gasteiger partial charge in [0.2, 0.25) is 0 Å². The number of aryl methyl sites for hydroxylation is 1. The van der Waals surface area contributed by atoms with Gasteiger partial charge in [0.1, 0.15) is 5.69 Å². The van der Waals surface area contributed by atoms with E-state index in [-0.39, 0.29) is 11.9 Å². The molecule has 0 bridgehead atoms. The highest BCUT2D eigenvalue weighted by Gasteiger charge is 2.20. The Balaban J connectivity index is 2.79. The van der Waals surface area contributed by atoms with Gasteiger partial charge in [-0.25, -0.2) is 0 Å². The average molecular weight is 333 g/mol. The van der Waals surface area contributed by atoms with Gasteiger partial charge >= 0.3 is 0 Å². The van der Waals surface area contributed by atoms with Crippen LogP contribution in [0.1, 0.15) is 30.8 Å². The third-order valence-electron chi connectivity index (χ3n) is 3.14. The van der Waals surface area contributed by atoms with E-state index in [1.807, 2.05) is 47.5 Å². The van der Waals surface area contributed by atoms with Crippen LogP contribution < -0.4 is 0 Å². The summed E-state index contributed by atoms with van der Waals surface area (Å²) in [5.74, 6) is 1.17. The number of carbonyl (C=O) groups is 1. The molecule has 5 heteroatoms. The Labute approximate surface area is 122 Å². The fourth-order valence-corrected chi connectivity index (χ4v) is 2.82. The fourth-order valence-electron chi connectivity index (χ4n) is 1.78. The first-order valence-electron chi connectivity index (χ1n) is 6.13. The second kappa shape index (κ2) is 7.24. The van der Waals surface area contributed by atoms with E-state index in [0.29, 0.717) is 0 Å². The first kappa shape index (κ1) is 15.6. The van der Waals surface area contributed by atoms with Crippen molar-refractivity contribution in [2.45, 2.75) is 32.9 Å². The van der Waals surface area contributed by atoms with Crippen molar-refractivity contribution in [1.82, 2.24) is 9.47 Å². The Hall–Kier alpha value is -0.420. The molecule has 1 aromatic rings. The van der Waals surface area contributed by atoms with E-state index in [9.17, 15) is 4.79 Å². The summed E-state index contributed by atoms with van der Waals surface area (Å²) in [6.45, 7) is 4.95. The molecule has 1 aromatic heterocycles. The van der Waals surface area contributed by atoms with Crippen molar-refractivity contribution in [1.29, 1.82) is 0 Å². The second-order valence-electron chi connectivity index (χ2n) is 4.38. The van der Waals surface area contributed by atoms with Crippen LogP contribution in [0.5, 0.6) is 0 Å². The molecule has 0 aliphatic heterocycles. The van der Waals surface area contributed by atoms with Crippen LogP contribution in [0.4, 0.5) is 0 Å². The lowest BCUT2D eigenvalue weighted by molar-refractivity contribution is 0.0730. The van der Waals surface area contributed by atoms with Crippen molar-refractivity contribution >= 4 is 33.6 Å². The van der Waals surface area contributed by atoms with Crippen molar-refractivity contribution in [2.75, 3.05) is 19.1 Å². The predicted molar refractivity (Wildman–Crippen MR) is 82.4 cm³/mol. The molecule has 0 saturated heterocycles. The summed E-state index contributed by atoms with van der Waals surface area (Å²) in [6.07, 6.45) is 5.07. The lowest BCUT2D eigenvalue weighted by Gasteiger charge is -2.25. The maximum atomic E-state index is 12.4. The van der Waals surface area contributed by atoms with Gasteiger partial charge in [-0.2, -0.15) is 11.8 Å². The number of aromatic nitrogens is 1. The largest absolute Gasteiger partial charge is 0.343 e. The molecule has 1 rings (SSSR count). The first-order chi connectivity index (χ1) is 8.51. The third kappa shape index (κ3) is 3.79. The Morgan fingerprint density at radius 3 is 2.83 bits per heavy atom. The van der Waals surface area contributed by atoms with Gasteiger partial charge in [-0.05, 0) is 54.3 Å². The van der Waals surface area contributed by atoms with Crippen molar-refractivity contribution < 1.29 is 4.79 Å². The van der Waals surface area contributed by atoms with Crippen LogP contribution in [-0.2, 0) is 6.54 Å². The standard InChI is InChI=1S/C13H21BrN2OS/c1-5-16-9-11(14)8-12(16)13(17)15(3)10(2)6-7-18-4/h8-10H,5-7H2,1-4H3. The van der Waals surface area contributed by atoms with Gasteiger partial charge in [0.05, 0.1) is 0 Å². The molecule has 0 aliphatic carbocycles. The molecule has 0 aromatic carbocycles. The second-order valence-corrected chi connectivity index (χ2v) is 6.28. The first-order valence-corrected chi connectivity index (χ1v) is 8.31. The average Bonchev–Trinajstić information content (AvgIpc) is 2.75. The van der Waals surface area contributed by atoms with Gasteiger partial charge in [-0.15, -0.1) is 0 Å². The lowest BCUT2D eigenvalue weighted by atomic mass is 10.2. The minimum atomic E-state index is 0.0937. The zero-order valence-electron chi connectivity index (χ0n) is 11.4. The van der Waals surface area contributed by atoms with Crippen LogP contribution in [0.25, 0.3) is 0 Å². The van der Waals surface area contributed by atoms with Crippen LogP contribution in [0.2, 0.25) is 0 Å². The summed E-state index contributed by atoms with van der Waals surface area (Å²) in [6, 6.07) is 2.16. The molecular weight excluding hydrogens is 312 g/mol. The molecule has 0 spiro atoms. The maximum absolute atomic E-state index is 12.4. The molecule has 1 atom stereocenters. The molecule has 0 saturated carbocycles. The van der Waals surface area contributed by atoms with Crippen LogP contribution in [0.15, 0.2) is 16.7 Å². The van der Waals surface area contributed by atoms with Crippen LogP contribution in [0.3, 0.4) is 0 Å².